The minimum atomic E-state index is -0.994. The zero-order valence-corrected chi connectivity index (χ0v) is 16.3. The van der Waals surface area contributed by atoms with E-state index in [0.29, 0.717) is 31.9 Å². The van der Waals surface area contributed by atoms with Crippen molar-refractivity contribution in [2.45, 2.75) is 33.0 Å². The quantitative estimate of drug-likeness (QED) is 0.797. The first-order chi connectivity index (χ1) is 13.4. The molecule has 1 atom stereocenters. The van der Waals surface area contributed by atoms with Crippen LogP contribution < -0.4 is 4.74 Å². The third-order valence-electron chi connectivity index (χ3n) is 4.88. The van der Waals surface area contributed by atoms with Gasteiger partial charge in [0, 0.05) is 26.2 Å². The standard InChI is InChI=1S/C22H26N2O4/c1-16-3-5-19(6-4-16)14-24-12-11-23(15-21(24)25)13-18-7-9-20(10-8-18)28-17(2)22(26)27/h3-10,17H,11-15H2,1-2H3,(H,26,27)/t17-/m1/s1. The summed E-state index contributed by atoms with van der Waals surface area (Å²) in [6, 6.07) is 15.6. The summed E-state index contributed by atoms with van der Waals surface area (Å²) in [6.45, 7) is 6.83. The largest absolute Gasteiger partial charge is 0.479 e. The first kappa shape index (κ1) is 19.9. The number of aliphatic carboxylic acids is 1. The molecule has 0 bridgehead atoms. The molecule has 6 nitrogen and oxygen atoms in total. The van der Waals surface area contributed by atoms with Gasteiger partial charge in [0.05, 0.1) is 6.54 Å². The van der Waals surface area contributed by atoms with Gasteiger partial charge in [-0.15, -0.1) is 0 Å². The zero-order chi connectivity index (χ0) is 20.1. The number of carbonyl (C=O) groups excluding carboxylic acids is 1. The molecule has 0 aromatic heterocycles. The molecule has 1 saturated heterocycles. The van der Waals surface area contributed by atoms with E-state index in [1.165, 1.54) is 12.5 Å². The molecule has 3 rings (SSSR count). The molecule has 1 fully saturated rings. The number of hydrogen-bond acceptors (Lipinski definition) is 4. The lowest BCUT2D eigenvalue weighted by Crippen LogP contribution is -2.49. The van der Waals surface area contributed by atoms with Crippen molar-refractivity contribution in [3.8, 4) is 5.75 Å². The van der Waals surface area contributed by atoms with Gasteiger partial charge in [-0.3, -0.25) is 9.69 Å². The third-order valence-corrected chi connectivity index (χ3v) is 4.88. The second-order valence-corrected chi connectivity index (χ2v) is 7.25. The SMILES string of the molecule is Cc1ccc(CN2CCN(Cc3ccc(O[C@H](C)C(=O)O)cc3)CC2=O)cc1. The van der Waals surface area contributed by atoms with Crippen molar-refractivity contribution < 1.29 is 19.4 Å². The van der Waals surface area contributed by atoms with E-state index in [0.717, 1.165) is 17.7 Å². The Morgan fingerprint density at radius 2 is 1.64 bits per heavy atom. The van der Waals surface area contributed by atoms with Crippen LogP contribution in [0.1, 0.15) is 23.6 Å². The van der Waals surface area contributed by atoms with Crippen LogP contribution in [0.5, 0.6) is 5.75 Å². The van der Waals surface area contributed by atoms with Crippen LogP contribution in [-0.4, -0.2) is 52.5 Å². The number of benzene rings is 2. The van der Waals surface area contributed by atoms with Gasteiger partial charge in [-0.1, -0.05) is 42.0 Å². The van der Waals surface area contributed by atoms with Crippen molar-refractivity contribution in [2.24, 2.45) is 0 Å². The second-order valence-electron chi connectivity index (χ2n) is 7.25. The Hall–Kier alpha value is -2.86. The number of rotatable bonds is 7. The predicted molar refractivity (Wildman–Crippen MR) is 106 cm³/mol. The number of nitrogens with zero attached hydrogens (tertiary/aromatic N) is 2. The Bertz CT molecular complexity index is 817. The van der Waals surface area contributed by atoms with Gasteiger partial charge in [0.15, 0.2) is 6.10 Å². The highest BCUT2D eigenvalue weighted by Gasteiger charge is 2.24. The van der Waals surface area contributed by atoms with E-state index >= 15 is 0 Å². The normalized spacial score (nSPS) is 16.1. The molecular weight excluding hydrogens is 356 g/mol. The Morgan fingerprint density at radius 1 is 1.04 bits per heavy atom. The van der Waals surface area contributed by atoms with Crippen molar-refractivity contribution >= 4 is 11.9 Å². The van der Waals surface area contributed by atoms with Gasteiger partial charge >= 0.3 is 5.97 Å². The van der Waals surface area contributed by atoms with Crippen molar-refractivity contribution in [3.63, 3.8) is 0 Å². The second kappa shape index (κ2) is 8.89. The van der Waals surface area contributed by atoms with Gasteiger partial charge in [0.1, 0.15) is 5.75 Å². The number of carboxylic acids is 1. The van der Waals surface area contributed by atoms with Gasteiger partial charge in [-0.2, -0.15) is 0 Å². The first-order valence-electron chi connectivity index (χ1n) is 9.45. The number of ether oxygens (including phenoxy) is 1. The lowest BCUT2D eigenvalue weighted by Gasteiger charge is -2.34. The maximum absolute atomic E-state index is 12.5. The lowest BCUT2D eigenvalue weighted by molar-refractivity contribution is -0.144. The van der Waals surface area contributed by atoms with Crippen LogP contribution >= 0.6 is 0 Å². The topological polar surface area (TPSA) is 70.1 Å². The fraction of sp³-hybridized carbons (Fsp3) is 0.364. The van der Waals surface area contributed by atoms with Crippen LogP contribution in [0.25, 0.3) is 0 Å². The number of aryl methyl sites for hydroxylation is 1. The summed E-state index contributed by atoms with van der Waals surface area (Å²) >= 11 is 0. The Labute approximate surface area is 165 Å². The summed E-state index contributed by atoms with van der Waals surface area (Å²) in [4.78, 5) is 27.4. The molecule has 2 aromatic carbocycles. The maximum Gasteiger partial charge on any atom is 0.344 e. The molecule has 148 valence electrons. The molecule has 1 heterocycles. The van der Waals surface area contributed by atoms with E-state index in [9.17, 15) is 9.59 Å². The molecule has 1 aliphatic rings. The number of piperazine rings is 1. The Balaban J connectivity index is 1.51. The minimum Gasteiger partial charge on any atom is -0.479 e. The smallest absolute Gasteiger partial charge is 0.344 e. The van der Waals surface area contributed by atoms with E-state index in [2.05, 4.69) is 36.1 Å². The molecule has 2 aromatic rings. The number of carboxylic acid groups (broad SMARTS) is 1. The van der Waals surface area contributed by atoms with Gasteiger partial charge < -0.3 is 14.7 Å². The Morgan fingerprint density at radius 3 is 2.25 bits per heavy atom. The van der Waals surface area contributed by atoms with Crippen LogP contribution in [0.4, 0.5) is 0 Å². The molecular formula is C22H26N2O4. The Kier molecular flexibility index (Phi) is 6.31. The van der Waals surface area contributed by atoms with Gasteiger partial charge in [0.2, 0.25) is 5.91 Å². The van der Waals surface area contributed by atoms with E-state index in [1.807, 2.05) is 17.0 Å². The summed E-state index contributed by atoms with van der Waals surface area (Å²) < 4.78 is 5.34. The summed E-state index contributed by atoms with van der Waals surface area (Å²) in [6.07, 6.45) is -0.884. The average molecular weight is 382 g/mol. The van der Waals surface area contributed by atoms with Crippen molar-refractivity contribution in [1.29, 1.82) is 0 Å². The number of carbonyl (C=O) groups is 2. The molecule has 1 amide bonds. The van der Waals surface area contributed by atoms with E-state index < -0.39 is 12.1 Å². The molecule has 0 unspecified atom stereocenters. The molecule has 28 heavy (non-hydrogen) atoms. The fourth-order valence-corrected chi connectivity index (χ4v) is 3.16. The zero-order valence-electron chi connectivity index (χ0n) is 16.3. The molecule has 0 aliphatic carbocycles. The fourth-order valence-electron chi connectivity index (χ4n) is 3.16. The highest BCUT2D eigenvalue weighted by molar-refractivity contribution is 5.79. The monoisotopic (exact) mass is 382 g/mol. The van der Waals surface area contributed by atoms with Crippen molar-refractivity contribution in [2.75, 3.05) is 19.6 Å². The molecule has 1 N–H and O–H groups in total. The summed E-state index contributed by atoms with van der Waals surface area (Å²) in [7, 11) is 0. The highest BCUT2D eigenvalue weighted by atomic mass is 16.5. The molecule has 0 radical (unpaired) electrons. The maximum atomic E-state index is 12.5. The molecule has 6 heteroatoms. The average Bonchev–Trinajstić information content (AvgIpc) is 2.67. The summed E-state index contributed by atoms with van der Waals surface area (Å²) in [5.41, 5.74) is 3.43. The summed E-state index contributed by atoms with van der Waals surface area (Å²) in [5, 5.41) is 8.90. The van der Waals surface area contributed by atoms with Crippen LogP contribution in [0.2, 0.25) is 0 Å². The molecule has 0 spiro atoms. The minimum absolute atomic E-state index is 0.141. The first-order valence-corrected chi connectivity index (χ1v) is 9.45. The van der Waals surface area contributed by atoms with Gasteiger partial charge in [0.25, 0.3) is 0 Å². The predicted octanol–water partition coefficient (Wildman–Crippen LogP) is 2.69. The summed E-state index contributed by atoms with van der Waals surface area (Å²) in [5.74, 6) is -0.328. The van der Waals surface area contributed by atoms with Gasteiger partial charge in [-0.05, 0) is 37.1 Å². The van der Waals surface area contributed by atoms with Crippen molar-refractivity contribution in [3.05, 3.63) is 65.2 Å². The van der Waals surface area contributed by atoms with Crippen LogP contribution in [0.15, 0.2) is 48.5 Å². The van der Waals surface area contributed by atoms with E-state index in [-0.39, 0.29) is 5.91 Å². The highest BCUT2D eigenvalue weighted by Crippen LogP contribution is 2.17. The van der Waals surface area contributed by atoms with E-state index in [1.54, 1.807) is 12.1 Å². The van der Waals surface area contributed by atoms with Gasteiger partial charge in [-0.25, -0.2) is 4.79 Å². The van der Waals surface area contributed by atoms with Crippen LogP contribution in [-0.2, 0) is 22.7 Å². The van der Waals surface area contributed by atoms with Crippen LogP contribution in [0, 0.1) is 6.92 Å². The molecule has 0 saturated carbocycles. The molecule has 1 aliphatic heterocycles. The third kappa shape index (κ3) is 5.33. The lowest BCUT2D eigenvalue weighted by atomic mass is 10.1. The van der Waals surface area contributed by atoms with E-state index in [4.69, 9.17) is 9.84 Å². The van der Waals surface area contributed by atoms with Crippen LogP contribution in [0.3, 0.4) is 0 Å². The number of hydrogen-bond donors (Lipinski definition) is 1. The van der Waals surface area contributed by atoms with Crippen molar-refractivity contribution in [1.82, 2.24) is 9.80 Å². The number of amides is 1.